The summed E-state index contributed by atoms with van der Waals surface area (Å²) in [5, 5.41) is 4.83. The number of hydrogen-bond acceptors (Lipinski definition) is 3. The van der Waals surface area contributed by atoms with Crippen LogP contribution < -0.4 is 5.32 Å². The van der Waals surface area contributed by atoms with Gasteiger partial charge in [-0.1, -0.05) is 34.6 Å². The predicted molar refractivity (Wildman–Crippen MR) is 76.8 cm³/mol. The molecule has 1 heterocycles. The van der Waals surface area contributed by atoms with Crippen molar-refractivity contribution in [3.63, 3.8) is 0 Å². The van der Waals surface area contributed by atoms with Crippen molar-refractivity contribution in [3.05, 3.63) is 15.6 Å². The minimum absolute atomic E-state index is 0.149. The Morgan fingerprint density at radius 2 is 1.94 bits per heavy atom. The molecule has 0 radical (unpaired) electrons. The molecular weight excluding hydrogens is 228 g/mol. The first-order chi connectivity index (χ1) is 7.88. The van der Waals surface area contributed by atoms with Crippen molar-refractivity contribution in [3.8, 4) is 0 Å². The molecule has 0 aliphatic rings. The molecule has 0 fully saturated rings. The van der Waals surface area contributed by atoms with E-state index >= 15 is 0 Å². The van der Waals surface area contributed by atoms with Crippen molar-refractivity contribution in [2.45, 2.75) is 72.4 Å². The lowest BCUT2D eigenvalue weighted by Crippen LogP contribution is -2.25. The molecule has 0 aliphatic carbocycles. The highest BCUT2D eigenvalue weighted by atomic mass is 32.1. The number of nitrogens with zero attached hydrogens (tertiary/aromatic N) is 1. The lowest BCUT2D eigenvalue weighted by atomic mass is 9.91. The van der Waals surface area contributed by atoms with E-state index in [2.05, 4.69) is 46.9 Å². The molecule has 0 saturated carbocycles. The predicted octanol–water partition coefficient (Wildman–Crippen LogP) is 3.89. The zero-order chi connectivity index (χ0) is 13.1. The Morgan fingerprint density at radius 1 is 1.29 bits per heavy atom. The van der Waals surface area contributed by atoms with Crippen LogP contribution in [0.25, 0.3) is 0 Å². The molecule has 1 rings (SSSR count). The van der Waals surface area contributed by atoms with Crippen molar-refractivity contribution in [1.29, 1.82) is 0 Å². The van der Waals surface area contributed by atoms with Gasteiger partial charge in [-0.2, -0.15) is 0 Å². The van der Waals surface area contributed by atoms with Crippen LogP contribution in [0.4, 0.5) is 0 Å². The van der Waals surface area contributed by atoms with E-state index in [0.717, 1.165) is 13.0 Å². The summed E-state index contributed by atoms with van der Waals surface area (Å²) in [6.07, 6.45) is 2.21. The summed E-state index contributed by atoms with van der Waals surface area (Å²) < 4.78 is 0. The second-order valence-electron chi connectivity index (χ2n) is 5.67. The lowest BCUT2D eigenvalue weighted by Gasteiger charge is -2.19. The van der Waals surface area contributed by atoms with Gasteiger partial charge >= 0.3 is 0 Å². The fourth-order valence-corrected chi connectivity index (χ4v) is 2.84. The summed E-state index contributed by atoms with van der Waals surface area (Å²) in [5.74, 6) is 0. The maximum Gasteiger partial charge on any atom is 0.0929 e. The number of aryl methyl sites for hydroxylation is 1. The quantitative estimate of drug-likeness (QED) is 0.862. The van der Waals surface area contributed by atoms with Crippen LogP contribution in [0.15, 0.2) is 0 Å². The van der Waals surface area contributed by atoms with Crippen LogP contribution in [0.1, 0.15) is 63.5 Å². The average molecular weight is 254 g/mol. The Balaban J connectivity index is 2.85. The van der Waals surface area contributed by atoms with Gasteiger partial charge in [-0.05, 0) is 19.8 Å². The van der Waals surface area contributed by atoms with Gasteiger partial charge in [-0.15, -0.1) is 11.3 Å². The lowest BCUT2D eigenvalue weighted by molar-refractivity contribution is 0.519. The fourth-order valence-electron chi connectivity index (χ4n) is 1.67. The van der Waals surface area contributed by atoms with E-state index in [1.165, 1.54) is 22.0 Å². The Morgan fingerprint density at radius 3 is 2.41 bits per heavy atom. The molecule has 98 valence electrons. The molecule has 1 unspecified atom stereocenters. The van der Waals surface area contributed by atoms with Crippen LogP contribution in [0.2, 0.25) is 0 Å². The number of thiazole rings is 1. The van der Waals surface area contributed by atoms with Crippen LogP contribution in [0, 0.1) is 0 Å². The molecule has 2 nitrogen and oxygen atoms in total. The minimum atomic E-state index is 0.149. The van der Waals surface area contributed by atoms with Gasteiger partial charge in [0.25, 0.3) is 0 Å². The standard InChI is InChI=1S/C14H26N2S/c1-7-10(3)15-9-11-13(14(4,5)6)16-12(8-2)17-11/h10,15H,7-9H2,1-6H3. The van der Waals surface area contributed by atoms with Gasteiger partial charge in [-0.25, -0.2) is 4.98 Å². The molecule has 0 amide bonds. The summed E-state index contributed by atoms with van der Waals surface area (Å²) in [4.78, 5) is 6.19. The Kier molecular flexibility index (Phi) is 5.14. The Bertz CT molecular complexity index is 350. The number of nitrogens with one attached hydrogen (secondary N) is 1. The highest BCUT2D eigenvalue weighted by Gasteiger charge is 2.22. The van der Waals surface area contributed by atoms with E-state index in [-0.39, 0.29) is 5.41 Å². The van der Waals surface area contributed by atoms with Crippen LogP contribution in [0.3, 0.4) is 0 Å². The van der Waals surface area contributed by atoms with Gasteiger partial charge in [0.15, 0.2) is 0 Å². The van der Waals surface area contributed by atoms with E-state index in [0.29, 0.717) is 6.04 Å². The number of aromatic nitrogens is 1. The van der Waals surface area contributed by atoms with E-state index in [1.807, 2.05) is 11.3 Å². The van der Waals surface area contributed by atoms with E-state index in [9.17, 15) is 0 Å². The molecule has 1 N–H and O–H groups in total. The van der Waals surface area contributed by atoms with Crippen LogP contribution >= 0.6 is 11.3 Å². The first-order valence-corrected chi connectivity index (χ1v) is 7.42. The molecule has 0 aliphatic heterocycles. The molecule has 17 heavy (non-hydrogen) atoms. The second-order valence-corrected chi connectivity index (χ2v) is 6.84. The third-order valence-corrected chi connectivity index (χ3v) is 4.18. The maximum absolute atomic E-state index is 4.78. The smallest absolute Gasteiger partial charge is 0.0929 e. The van der Waals surface area contributed by atoms with Crippen molar-refractivity contribution in [1.82, 2.24) is 10.3 Å². The monoisotopic (exact) mass is 254 g/mol. The Hall–Kier alpha value is -0.410. The normalized spacial score (nSPS) is 14.0. The zero-order valence-electron chi connectivity index (χ0n) is 12.1. The van der Waals surface area contributed by atoms with E-state index in [1.54, 1.807) is 0 Å². The third kappa shape index (κ3) is 4.07. The molecule has 0 aromatic carbocycles. The van der Waals surface area contributed by atoms with Gasteiger partial charge in [0.1, 0.15) is 0 Å². The van der Waals surface area contributed by atoms with Crippen molar-refractivity contribution >= 4 is 11.3 Å². The SMILES string of the molecule is CCc1nc(C(C)(C)C)c(CNC(C)CC)s1. The first kappa shape index (κ1) is 14.7. The molecule has 1 atom stereocenters. The summed E-state index contributed by atoms with van der Waals surface area (Å²) in [7, 11) is 0. The van der Waals surface area contributed by atoms with Gasteiger partial charge in [-0.3, -0.25) is 0 Å². The fraction of sp³-hybridized carbons (Fsp3) is 0.786. The summed E-state index contributed by atoms with van der Waals surface area (Å²) >= 11 is 1.87. The molecule has 1 aromatic rings. The molecule has 1 aromatic heterocycles. The third-order valence-electron chi connectivity index (χ3n) is 2.98. The molecular formula is C14H26N2S. The second kappa shape index (κ2) is 5.96. The maximum atomic E-state index is 4.78. The average Bonchev–Trinajstić information content (AvgIpc) is 2.68. The highest BCUT2D eigenvalue weighted by Crippen LogP contribution is 2.29. The Labute approximate surface area is 110 Å². The van der Waals surface area contributed by atoms with Crippen LogP contribution in [0.5, 0.6) is 0 Å². The van der Waals surface area contributed by atoms with Gasteiger partial charge in [0.05, 0.1) is 10.7 Å². The zero-order valence-corrected chi connectivity index (χ0v) is 12.9. The van der Waals surface area contributed by atoms with Crippen LogP contribution in [-0.2, 0) is 18.4 Å². The highest BCUT2D eigenvalue weighted by molar-refractivity contribution is 7.11. The minimum Gasteiger partial charge on any atom is -0.309 e. The largest absolute Gasteiger partial charge is 0.309 e. The number of rotatable bonds is 5. The topological polar surface area (TPSA) is 24.9 Å². The van der Waals surface area contributed by atoms with Crippen molar-refractivity contribution in [2.75, 3.05) is 0 Å². The van der Waals surface area contributed by atoms with Crippen molar-refractivity contribution < 1.29 is 0 Å². The summed E-state index contributed by atoms with van der Waals surface area (Å²) in [6.45, 7) is 14.3. The summed E-state index contributed by atoms with van der Waals surface area (Å²) in [5.41, 5.74) is 1.42. The van der Waals surface area contributed by atoms with Gasteiger partial charge in [0.2, 0.25) is 0 Å². The van der Waals surface area contributed by atoms with E-state index < -0.39 is 0 Å². The van der Waals surface area contributed by atoms with Gasteiger partial charge < -0.3 is 5.32 Å². The van der Waals surface area contributed by atoms with Crippen LogP contribution in [-0.4, -0.2) is 11.0 Å². The first-order valence-electron chi connectivity index (χ1n) is 6.60. The van der Waals surface area contributed by atoms with E-state index in [4.69, 9.17) is 4.98 Å². The van der Waals surface area contributed by atoms with Crippen molar-refractivity contribution in [2.24, 2.45) is 0 Å². The molecule has 0 saturated heterocycles. The molecule has 3 heteroatoms. The molecule has 0 bridgehead atoms. The summed E-state index contributed by atoms with van der Waals surface area (Å²) in [6, 6.07) is 0.579. The van der Waals surface area contributed by atoms with Gasteiger partial charge in [0, 0.05) is 22.9 Å². The number of hydrogen-bond donors (Lipinski definition) is 1. The molecule has 0 spiro atoms.